The van der Waals surface area contributed by atoms with Gasteiger partial charge in [-0.05, 0) is 37.0 Å². The van der Waals surface area contributed by atoms with Crippen LogP contribution >= 0.6 is 0 Å². The summed E-state index contributed by atoms with van der Waals surface area (Å²) in [5.41, 5.74) is 1.55. The van der Waals surface area contributed by atoms with Crippen LogP contribution in [-0.4, -0.2) is 44.1 Å². The van der Waals surface area contributed by atoms with Gasteiger partial charge in [-0.2, -0.15) is 0 Å². The second-order valence-electron chi connectivity index (χ2n) is 6.71. The molecule has 1 aliphatic heterocycles. The summed E-state index contributed by atoms with van der Waals surface area (Å²) in [6.07, 6.45) is 0.898. The van der Waals surface area contributed by atoms with E-state index < -0.39 is 0 Å². The van der Waals surface area contributed by atoms with Gasteiger partial charge >= 0.3 is 0 Å². The molecule has 0 aliphatic carbocycles. The largest absolute Gasteiger partial charge is 0.395 e. The average molecular weight is 324 g/mol. The Kier molecular flexibility index (Phi) is 6.81. The van der Waals surface area contributed by atoms with Gasteiger partial charge in [-0.25, -0.2) is 4.39 Å². The van der Waals surface area contributed by atoms with E-state index in [1.54, 1.807) is 6.07 Å². The standard InChI is InChI=1S/C18H29FN2O2/c1-13(2)10-16(12-22)20-14(3)15-4-5-18(17(19)11-15)21-6-8-23-9-7-21/h4-5,11,13-14,16,20,22H,6-10,12H2,1-3H3. The number of aliphatic hydroxyl groups excluding tert-OH is 1. The number of rotatable bonds is 7. The van der Waals surface area contributed by atoms with Crippen LogP contribution in [0.1, 0.15) is 38.8 Å². The first-order valence-corrected chi connectivity index (χ1v) is 8.50. The number of nitrogens with one attached hydrogen (secondary N) is 1. The monoisotopic (exact) mass is 324 g/mol. The first kappa shape index (κ1) is 18.2. The SMILES string of the molecule is CC(C)CC(CO)NC(C)c1ccc(N2CCOCC2)c(F)c1. The number of nitrogens with zero attached hydrogens (tertiary/aromatic N) is 1. The summed E-state index contributed by atoms with van der Waals surface area (Å²) >= 11 is 0. The van der Waals surface area contributed by atoms with E-state index in [4.69, 9.17) is 4.74 Å². The molecule has 23 heavy (non-hydrogen) atoms. The number of benzene rings is 1. The van der Waals surface area contributed by atoms with Gasteiger partial charge in [0.05, 0.1) is 25.5 Å². The third-order valence-electron chi connectivity index (χ3n) is 4.29. The van der Waals surface area contributed by atoms with Gasteiger partial charge in [-0.15, -0.1) is 0 Å². The van der Waals surface area contributed by atoms with Crippen LogP contribution in [0.3, 0.4) is 0 Å². The molecule has 1 aliphatic rings. The second kappa shape index (κ2) is 8.62. The Morgan fingerprint density at radius 2 is 1.96 bits per heavy atom. The molecule has 4 nitrogen and oxygen atoms in total. The summed E-state index contributed by atoms with van der Waals surface area (Å²) in [4.78, 5) is 2.02. The third-order valence-corrected chi connectivity index (χ3v) is 4.29. The fraction of sp³-hybridized carbons (Fsp3) is 0.667. The summed E-state index contributed by atoms with van der Waals surface area (Å²) in [6.45, 7) is 9.11. The molecule has 0 aromatic heterocycles. The topological polar surface area (TPSA) is 44.7 Å². The molecule has 2 atom stereocenters. The molecular weight excluding hydrogens is 295 g/mol. The number of aliphatic hydroxyl groups is 1. The van der Waals surface area contributed by atoms with E-state index in [-0.39, 0.29) is 24.5 Å². The third kappa shape index (κ3) is 5.16. The molecule has 0 amide bonds. The van der Waals surface area contributed by atoms with E-state index in [0.717, 1.165) is 25.1 Å². The molecule has 2 unspecified atom stereocenters. The van der Waals surface area contributed by atoms with Crippen LogP contribution in [-0.2, 0) is 4.74 Å². The minimum absolute atomic E-state index is 0.000797. The first-order valence-electron chi connectivity index (χ1n) is 8.50. The molecule has 2 rings (SSSR count). The number of hydrogen-bond donors (Lipinski definition) is 2. The van der Waals surface area contributed by atoms with Gasteiger partial charge in [-0.3, -0.25) is 0 Å². The minimum atomic E-state index is -0.192. The van der Waals surface area contributed by atoms with Gasteiger partial charge in [-0.1, -0.05) is 19.9 Å². The number of hydrogen-bond acceptors (Lipinski definition) is 4. The predicted octanol–water partition coefficient (Wildman–Crippen LogP) is 2.72. The van der Waals surface area contributed by atoms with Crippen LogP contribution < -0.4 is 10.2 Å². The molecule has 1 fully saturated rings. The van der Waals surface area contributed by atoms with Crippen LogP contribution in [0.2, 0.25) is 0 Å². The van der Waals surface area contributed by atoms with Crippen LogP contribution in [0, 0.1) is 11.7 Å². The highest BCUT2D eigenvalue weighted by atomic mass is 19.1. The van der Waals surface area contributed by atoms with Crippen molar-refractivity contribution in [1.82, 2.24) is 5.32 Å². The summed E-state index contributed by atoms with van der Waals surface area (Å²) in [5, 5.41) is 12.9. The van der Waals surface area contributed by atoms with Crippen molar-refractivity contribution in [2.24, 2.45) is 5.92 Å². The lowest BCUT2D eigenvalue weighted by Gasteiger charge is -2.30. The van der Waals surface area contributed by atoms with Crippen molar-refractivity contribution >= 4 is 5.69 Å². The van der Waals surface area contributed by atoms with Crippen LogP contribution in [0.25, 0.3) is 0 Å². The van der Waals surface area contributed by atoms with E-state index in [9.17, 15) is 9.50 Å². The van der Waals surface area contributed by atoms with Crippen molar-refractivity contribution in [3.63, 3.8) is 0 Å². The Balaban J connectivity index is 2.03. The maximum atomic E-state index is 14.5. The summed E-state index contributed by atoms with van der Waals surface area (Å²) < 4.78 is 19.8. The zero-order valence-corrected chi connectivity index (χ0v) is 14.4. The Morgan fingerprint density at radius 1 is 1.26 bits per heavy atom. The summed E-state index contributed by atoms with van der Waals surface area (Å²) in [5.74, 6) is 0.315. The quantitative estimate of drug-likeness (QED) is 0.809. The normalized spacial score (nSPS) is 18.3. The average Bonchev–Trinajstić information content (AvgIpc) is 2.54. The highest BCUT2D eigenvalue weighted by Crippen LogP contribution is 2.24. The van der Waals surface area contributed by atoms with E-state index in [1.165, 1.54) is 0 Å². The molecular formula is C18H29FN2O2. The lowest BCUT2D eigenvalue weighted by molar-refractivity contribution is 0.122. The number of anilines is 1. The molecule has 5 heteroatoms. The van der Waals surface area contributed by atoms with Gasteiger partial charge < -0.3 is 20.1 Å². The Labute approximate surface area is 138 Å². The van der Waals surface area contributed by atoms with Crippen molar-refractivity contribution in [2.45, 2.75) is 39.3 Å². The fourth-order valence-corrected chi connectivity index (χ4v) is 3.07. The van der Waals surface area contributed by atoms with Crippen molar-refractivity contribution < 1.29 is 14.2 Å². The van der Waals surface area contributed by atoms with Gasteiger partial charge in [0.1, 0.15) is 5.82 Å². The number of morpholine rings is 1. The Morgan fingerprint density at radius 3 is 2.52 bits per heavy atom. The first-order chi connectivity index (χ1) is 11.0. The van der Waals surface area contributed by atoms with Crippen molar-refractivity contribution in [3.8, 4) is 0 Å². The van der Waals surface area contributed by atoms with E-state index in [1.807, 2.05) is 24.0 Å². The summed E-state index contributed by atoms with van der Waals surface area (Å²) in [6, 6.07) is 5.46. The number of ether oxygens (including phenoxy) is 1. The molecule has 1 heterocycles. The Bertz CT molecular complexity index is 490. The van der Waals surface area contributed by atoms with Crippen molar-refractivity contribution in [2.75, 3.05) is 37.8 Å². The predicted molar refractivity (Wildman–Crippen MR) is 91.3 cm³/mol. The lowest BCUT2D eigenvalue weighted by Crippen LogP contribution is -2.37. The Hall–Kier alpha value is -1.17. The molecule has 2 N–H and O–H groups in total. The van der Waals surface area contributed by atoms with E-state index >= 15 is 0 Å². The van der Waals surface area contributed by atoms with Crippen LogP contribution in [0.15, 0.2) is 18.2 Å². The molecule has 0 saturated carbocycles. The zero-order chi connectivity index (χ0) is 16.8. The zero-order valence-electron chi connectivity index (χ0n) is 14.4. The van der Waals surface area contributed by atoms with Crippen molar-refractivity contribution in [1.29, 1.82) is 0 Å². The molecule has 0 spiro atoms. The van der Waals surface area contributed by atoms with Gasteiger partial charge in [0, 0.05) is 25.2 Å². The smallest absolute Gasteiger partial charge is 0.146 e. The molecule has 1 aromatic rings. The van der Waals surface area contributed by atoms with Crippen LogP contribution in [0.5, 0.6) is 0 Å². The van der Waals surface area contributed by atoms with E-state index in [0.29, 0.717) is 24.8 Å². The molecule has 0 radical (unpaired) electrons. The lowest BCUT2D eigenvalue weighted by atomic mass is 10.0. The molecule has 130 valence electrons. The van der Waals surface area contributed by atoms with Gasteiger partial charge in [0.15, 0.2) is 0 Å². The number of halogens is 1. The molecule has 0 bridgehead atoms. The van der Waals surface area contributed by atoms with Crippen molar-refractivity contribution in [3.05, 3.63) is 29.6 Å². The molecule has 1 saturated heterocycles. The fourth-order valence-electron chi connectivity index (χ4n) is 3.07. The van der Waals surface area contributed by atoms with Gasteiger partial charge in [0.2, 0.25) is 0 Å². The van der Waals surface area contributed by atoms with Crippen LogP contribution in [0.4, 0.5) is 10.1 Å². The van der Waals surface area contributed by atoms with E-state index in [2.05, 4.69) is 19.2 Å². The van der Waals surface area contributed by atoms with Gasteiger partial charge in [0.25, 0.3) is 0 Å². The second-order valence-corrected chi connectivity index (χ2v) is 6.71. The maximum Gasteiger partial charge on any atom is 0.146 e. The maximum absolute atomic E-state index is 14.5. The summed E-state index contributed by atoms with van der Waals surface area (Å²) in [7, 11) is 0. The minimum Gasteiger partial charge on any atom is -0.395 e. The molecule has 1 aromatic carbocycles. The highest BCUT2D eigenvalue weighted by molar-refractivity contribution is 5.49. The highest BCUT2D eigenvalue weighted by Gasteiger charge is 2.18.